The summed E-state index contributed by atoms with van der Waals surface area (Å²) < 4.78 is 5.29. The predicted octanol–water partition coefficient (Wildman–Crippen LogP) is 3.78. The summed E-state index contributed by atoms with van der Waals surface area (Å²) in [4.78, 5) is 16.6. The van der Waals surface area contributed by atoms with Crippen molar-refractivity contribution in [2.24, 2.45) is 5.73 Å². The van der Waals surface area contributed by atoms with Crippen molar-refractivity contribution in [3.8, 4) is 16.9 Å². The van der Waals surface area contributed by atoms with Crippen molar-refractivity contribution in [3.63, 3.8) is 0 Å². The number of methoxy groups -OCH3 is 1. The first-order valence-corrected chi connectivity index (χ1v) is 8.70. The van der Waals surface area contributed by atoms with Crippen LogP contribution in [0.5, 0.6) is 5.75 Å². The Morgan fingerprint density at radius 1 is 1.18 bits per heavy atom. The number of fused-ring (bicyclic) bond motifs is 1. The van der Waals surface area contributed by atoms with Crippen LogP contribution in [0.4, 0.5) is 11.4 Å². The summed E-state index contributed by atoms with van der Waals surface area (Å²) in [6, 6.07) is 11.5. The standard InChI is InChI=1S/C21H19N5O2/c1-12-6-13(14-9-24-25-10-14)7-17-19(12)23-11-18(21(22)27)20(17)26-15-4-3-5-16(8-15)28-2/h3-11H,1-2H3,(H2,22,27)(H,23,26)(H,24,25). The van der Waals surface area contributed by atoms with E-state index in [-0.39, 0.29) is 0 Å². The second-order valence-corrected chi connectivity index (χ2v) is 6.44. The Balaban J connectivity index is 1.95. The number of nitrogens with one attached hydrogen (secondary N) is 2. The van der Waals surface area contributed by atoms with Crippen molar-refractivity contribution in [2.75, 3.05) is 12.4 Å². The van der Waals surface area contributed by atoms with Crippen LogP contribution in [0, 0.1) is 6.92 Å². The van der Waals surface area contributed by atoms with Crippen LogP contribution in [0.2, 0.25) is 0 Å². The maximum absolute atomic E-state index is 12.1. The molecule has 28 heavy (non-hydrogen) atoms. The molecule has 0 aliphatic carbocycles. The number of carbonyl (C=O) groups is 1. The second-order valence-electron chi connectivity index (χ2n) is 6.44. The largest absolute Gasteiger partial charge is 0.497 e. The zero-order chi connectivity index (χ0) is 19.7. The Bertz CT molecular complexity index is 1170. The fourth-order valence-electron chi connectivity index (χ4n) is 3.22. The third-order valence-electron chi connectivity index (χ3n) is 4.60. The van der Waals surface area contributed by atoms with Gasteiger partial charge in [0.05, 0.1) is 30.1 Å². The van der Waals surface area contributed by atoms with Crippen LogP contribution >= 0.6 is 0 Å². The minimum absolute atomic E-state index is 0.319. The van der Waals surface area contributed by atoms with Gasteiger partial charge in [0.1, 0.15) is 5.75 Å². The van der Waals surface area contributed by atoms with E-state index in [0.717, 1.165) is 33.3 Å². The SMILES string of the molecule is COc1cccc(Nc2c(C(N)=O)cnc3c(C)cc(-c4cn[nH]c4)cc23)c1. The van der Waals surface area contributed by atoms with Crippen molar-refractivity contribution in [1.29, 1.82) is 0 Å². The number of nitrogens with two attached hydrogens (primary N) is 1. The topological polar surface area (TPSA) is 106 Å². The highest BCUT2D eigenvalue weighted by atomic mass is 16.5. The Kier molecular flexibility index (Phi) is 4.41. The van der Waals surface area contributed by atoms with Gasteiger partial charge in [0.2, 0.25) is 0 Å². The number of nitrogens with zero attached hydrogens (tertiary/aromatic N) is 2. The summed E-state index contributed by atoms with van der Waals surface area (Å²) >= 11 is 0. The number of H-pyrrole nitrogens is 1. The van der Waals surface area contributed by atoms with Crippen molar-refractivity contribution >= 4 is 28.2 Å². The number of ether oxygens (including phenoxy) is 1. The number of aromatic nitrogens is 3. The third-order valence-corrected chi connectivity index (χ3v) is 4.60. The van der Waals surface area contributed by atoms with Crippen LogP contribution in [0.25, 0.3) is 22.0 Å². The van der Waals surface area contributed by atoms with Crippen LogP contribution in [0.15, 0.2) is 55.0 Å². The zero-order valence-electron chi connectivity index (χ0n) is 15.5. The number of amides is 1. The van der Waals surface area contributed by atoms with E-state index in [9.17, 15) is 4.79 Å². The normalized spacial score (nSPS) is 10.8. The number of hydrogen-bond donors (Lipinski definition) is 3. The summed E-state index contributed by atoms with van der Waals surface area (Å²) in [5.41, 5.74) is 11.0. The van der Waals surface area contributed by atoms with Crippen LogP contribution < -0.4 is 15.8 Å². The number of benzene rings is 2. The molecule has 4 aromatic rings. The molecule has 1 amide bonds. The van der Waals surface area contributed by atoms with Gasteiger partial charge in [-0.15, -0.1) is 0 Å². The molecule has 0 aliphatic heterocycles. The van der Waals surface area contributed by atoms with Gasteiger partial charge in [-0.2, -0.15) is 5.10 Å². The first-order valence-electron chi connectivity index (χ1n) is 8.70. The molecule has 4 N–H and O–H groups in total. The average molecular weight is 373 g/mol. The highest BCUT2D eigenvalue weighted by molar-refractivity contribution is 6.08. The van der Waals surface area contributed by atoms with E-state index < -0.39 is 5.91 Å². The summed E-state index contributed by atoms with van der Waals surface area (Å²) in [7, 11) is 1.61. The second kappa shape index (κ2) is 7.03. The Labute approximate surface area is 161 Å². The molecule has 2 aromatic carbocycles. The average Bonchev–Trinajstić information content (AvgIpc) is 3.23. The van der Waals surface area contributed by atoms with Crippen LogP contribution in [-0.2, 0) is 0 Å². The number of carbonyl (C=O) groups excluding carboxylic acids is 1. The van der Waals surface area contributed by atoms with E-state index in [4.69, 9.17) is 10.5 Å². The molecular weight excluding hydrogens is 354 g/mol. The molecule has 0 saturated heterocycles. The van der Waals surface area contributed by atoms with Gasteiger partial charge in [-0.25, -0.2) is 0 Å². The molecule has 2 heterocycles. The smallest absolute Gasteiger partial charge is 0.252 e. The van der Waals surface area contributed by atoms with Gasteiger partial charge in [0.25, 0.3) is 5.91 Å². The summed E-state index contributed by atoms with van der Waals surface area (Å²) in [6.07, 6.45) is 5.08. The minimum atomic E-state index is -0.550. The van der Waals surface area contributed by atoms with E-state index in [0.29, 0.717) is 17.0 Å². The van der Waals surface area contributed by atoms with Gasteiger partial charge < -0.3 is 15.8 Å². The molecule has 0 radical (unpaired) electrons. The lowest BCUT2D eigenvalue weighted by atomic mass is 9.99. The fourth-order valence-corrected chi connectivity index (χ4v) is 3.22. The predicted molar refractivity (Wildman–Crippen MR) is 109 cm³/mol. The number of hydrogen-bond acceptors (Lipinski definition) is 5. The van der Waals surface area contributed by atoms with Gasteiger partial charge >= 0.3 is 0 Å². The Morgan fingerprint density at radius 2 is 2.04 bits per heavy atom. The molecule has 0 saturated carbocycles. The van der Waals surface area contributed by atoms with E-state index in [2.05, 4.69) is 20.5 Å². The number of primary amides is 1. The summed E-state index contributed by atoms with van der Waals surface area (Å²) in [5, 5.41) is 11.0. The van der Waals surface area contributed by atoms with E-state index in [1.165, 1.54) is 6.20 Å². The number of rotatable bonds is 5. The quantitative estimate of drug-likeness (QED) is 0.494. The van der Waals surface area contributed by atoms with Crippen molar-refractivity contribution in [1.82, 2.24) is 15.2 Å². The lowest BCUT2D eigenvalue weighted by Gasteiger charge is -2.16. The molecular formula is C21H19N5O2. The Hall–Kier alpha value is -3.87. The van der Waals surface area contributed by atoms with E-state index in [1.54, 1.807) is 13.3 Å². The van der Waals surface area contributed by atoms with Gasteiger partial charge in [-0.05, 0) is 42.3 Å². The molecule has 7 heteroatoms. The number of aromatic amines is 1. The first kappa shape index (κ1) is 17.5. The van der Waals surface area contributed by atoms with Crippen LogP contribution in [-0.4, -0.2) is 28.2 Å². The van der Waals surface area contributed by atoms with Crippen molar-refractivity contribution in [2.45, 2.75) is 6.92 Å². The zero-order valence-corrected chi connectivity index (χ0v) is 15.5. The highest BCUT2D eigenvalue weighted by Gasteiger charge is 2.16. The number of pyridine rings is 1. The van der Waals surface area contributed by atoms with Crippen LogP contribution in [0.1, 0.15) is 15.9 Å². The first-order chi connectivity index (χ1) is 13.6. The molecule has 0 unspecified atom stereocenters. The van der Waals surface area contributed by atoms with Crippen molar-refractivity contribution < 1.29 is 9.53 Å². The lowest BCUT2D eigenvalue weighted by molar-refractivity contribution is 0.100. The molecule has 0 bridgehead atoms. The molecule has 0 aliphatic rings. The van der Waals surface area contributed by atoms with Gasteiger partial charge in [-0.3, -0.25) is 14.9 Å². The number of anilines is 2. The molecule has 0 spiro atoms. The minimum Gasteiger partial charge on any atom is -0.497 e. The van der Waals surface area contributed by atoms with Gasteiger partial charge in [0, 0.05) is 35.1 Å². The number of aryl methyl sites for hydroxylation is 1. The van der Waals surface area contributed by atoms with Crippen LogP contribution in [0.3, 0.4) is 0 Å². The molecule has 140 valence electrons. The molecule has 4 rings (SSSR count). The summed E-state index contributed by atoms with van der Waals surface area (Å²) in [6.45, 7) is 1.98. The maximum Gasteiger partial charge on any atom is 0.252 e. The van der Waals surface area contributed by atoms with Crippen molar-refractivity contribution in [3.05, 3.63) is 66.1 Å². The molecule has 0 fully saturated rings. The molecule has 2 aromatic heterocycles. The van der Waals surface area contributed by atoms with Gasteiger partial charge in [0.15, 0.2) is 0 Å². The summed E-state index contributed by atoms with van der Waals surface area (Å²) in [5.74, 6) is 0.158. The van der Waals surface area contributed by atoms with E-state index >= 15 is 0 Å². The third kappa shape index (κ3) is 3.14. The van der Waals surface area contributed by atoms with Gasteiger partial charge in [-0.1, -0.05) is 6.07 Å². The molecule has 0 atom stereocenters. The van der Waals surface area contributed by atoms with E-state index in [1.807, 2.05) is 49.5 Å². The Morgan fingerprint density at radius 3 is 2.75 bits per heavy atom. The fraction of sp³-hybridized carbons (Fsp3) is 0.0952. The molecule has 7 nitrogen and oxygen atoms in total. The highest BCUT2D eigenvalue weighted by Crippen LogP contribution is 2.34. The maximum atomic E-state index is 12.1. The lowest BCUT2D eigenvalue weighted by Crippen LogP contribution is -2.14. The monoisotopic (exact) mass is 373 g/mol.